The van der Waals surface area contributed by atoms with Crippen LogP contribution in [0.15, 0.2) is 42.6 Å². The van der Waals surface area contributed by atoms with E-state index in [4.69, 9.17) is 9.47 Å². The molecule has 0 N–H and O–H groups in total. The van der Waals surface area contributed by atoms with Gasteiger partial charge < -0.3 is 9.47 Å². The van der Waals surface area contributed by atoms with Gasteiger partial charge in [-0.3, -0.25) is 9.78 Å². The Kier molecular flexibility index (Phi) is 4.93. The van der Waals surface area contributed by atoms with Crippen LogP contribution in [-0.4, -0.2) is 24.7 Å². The molecule has 0 amide bonds. The van der Waals surface area contributed by atoms with Gasteiger partial charge in [-0.1, -0.05) is 6.07 Å². The third kappa shape index (κ3) is 3.40. The zero-order chi connectivity index (χ0) is 15.2. The fourth-order valence-electron chi connectivity index (χ4n) is 2.16. The van der Waals surface area contributed by atoms with Gasteiger partial charge in [0.15, 0.2) is 0 Å². The molecule has 0 radical (unpaired) electrons. The van der Waals surface area contributed by atoms with Crippen molar-refractivity contribution in [2.75, 3.05) is 13.7 Å². The molecule has 1 heterocycles. The van der Waals surface area contributed by atoms with Crippen LogP contribution >= 0.6 is 0 Å². The van der Waals surface area contributed by atoms with Crippen LogP contribution in [0.5, 0.6) is 5.75 Å². The molecule has 0 saturated heterocycles. The van der Waals surface area contributed by atoms with E-state index in [-0.39, 0.29) is 11.9 Å². The van der Waals surface area contributed by atoms with E-state index in [1.54, 1.807) is 20.2 Å². The number of esters is 1. The molecule has 2 rings (SSSR count). The summed E-state index contributed by atoms with van der Waals surface area (Å²) >= 11 is 0. The maximum Gasteiger partial charge on any atom is 0.313 e. The first-order chi connectivity index (χ1) is 10.2. The molecule has 1 aromatic heterocycles. The van der Waals surface area contributed by atoms with Crippen molar-refractivity contribution in [3.05, 3.63) is 48.2 Å². The minimum atomic E-state index is -0.386. The highest BCUT2D eigenvalue weighted by Gasteiger charge is 2.21. The van der Waals surface area contributed by atoms with Gasteiger partial charge in [0, 0.05) is 17.3 Å². The molecule has 0 aliphatic heterocycles. The topological polar surface area (TPSA) is 48.4 Å². The van der Waals surface area contributed by atoms with Gasteiger partial charge in [-0.2, -0.15) is 0 Å². The average Bonchev–Trinajstić information content (AvgIpc) is 2.54. The van der Waals surface area contributed by atoms with Crippen molar-refractivity contribution in [3.8, 4) is 17.0 Å². The lowest BCUT2D eigenvalue weighted by Crippen LogP contribution is -2.14. The zero-order valence-corrected chi connectivity index (χ0v) is 12.5. The number of aromatic nitrogens is 1. The number of rotatable bonds is 5. The van der Waals surface area contributed by atoms with Gasteiger partial charge in [0.2, 0.25) is 0 Å². The Morgan fingerprint density at radius 3 is 2.71 bits per heavy atom. The normalized spacial score (nSPS) is 11.8. The molecule has 1 aromatic carbocycles. The highest BCUT2D eigenvalue weighted by Crippen LogP contribution is 2.31. The quantitative estimate of drug-likeness (QED) is 0.790. The Balaban J connectivity index is 2.41. The minimum Gasteiger partial charge on any atom is -0.496 e. The first-order valence-corrected chi connectivity index (χ1v) is 6.93. The predicted molar refractivity (Wildman–Crippen MR) is 81.3 cm³/mol. The first kappa shape index (κ1) is 15.0. The molecule has 0 aliphatic carbocycles. The van der Waals surface area contributed by atoms with Gasteiger partial charge in [0.1, 0.15) is 5.75 Å². The molecule has 4 heteroatoms. The van der Waals surface area contributed by atoms with Crippen LogP contribution in [0.3, 0.4) is 0 Å². The van der Waals surface area contributed by atoms with E-state index in [0.717, 1.165) is 16.8 Å². The Labute approximate surface area is 124 Å². The van der Waals surface area contributed by atoms with Crippen molar-refractivity contribution in [2.45, 2.75) is 19.8 Å². The summed E-state index contributed by atoms with van der Waals surface area (Å²) < 4.78 is 10.5. The second-order valence-electron chi connectivity index (χ2n) is 4.65. The second-order valence-corrected chi connectivity index (χ2v) is 4.65. The van der Waals surface area contributed by atoms with E-state index in [1.165, 1.54) is 0 Å². The lowest BCUT2D eigenvalue weighted by molar-refractivity contribution is -0.144. The zero-order valence-electron chi connectivity index (χ0n) is 12.5. The van der Waals surface area contributed by atoms with Crippen LogP contribution < -0.4 is 4.74 Å². The van der Waals surface area contributed by atoms with Crippen molar-refractivity contribution in [1.82, 2.24) is 4.98 Å². The molecule has 4 nitrogen and oxygen atoms in total. The molecule has 0 bridgehead atoms. The van der Waals surface area contributed by atoms with E-state index in [1.807, 2.05) is 43.3 Å². The Morgan fingerprint density at radius 2 is 2.10 bits per heavy atom. The van der Waals surface area contributed by atoms with Crippen molar-refractivity contribution in [2.24, 2.45) is 0 Å². The van der Waals surface area contributed by atoms with Gasteiger partial charge in [0.05, 0.1) is 25.3 Å². The number of carbonyl (C=O) groups excluding carboxylic acids is 1. The van der Waals surface area contributed by atoms with Crippen LogP contribution in [0.4, 0.5) is 0 Å². The van der Waals surface area contributed by atoms with Crippen LogP contribution in [-0.2, 0) is 9.53 Å². The van der Waals surface area contributed by atoms with Crippen molar-refractivity contribution >= 4 is 5.97 Å². The minimum absolute atomic E-state index is 0.256. The summed E-state index contributed by atoms with van der Waals surface area (Å²) in [6, 6.07) is 11.5. The standard InChI is InChI=1S/C17H19NO3/c1-4-21-17(19)12(2)14-11-13(8-9-16(14)20-3)15-7-5-6-10-18-15/h5-12H,4H2,1-3H3. The molecule has 21 heavy (non-hydrogen) atoms. The number of benzene rings is 1. The predicted octanol–water partition coefficient (Wildman–Crippen LogP) is 3.42. The molecule has 2 aromatic rings. The third-order valence-corrected chi connectivity index (χ3v) is 3.30. The smallest absolute Gasteiger partial charge is 0.313 e. The molecule has 0 saturated carbocycles. The summed E-state index contributed by atoms with van der Waals surface area (Å²) in [5.74, 6) is 0.0350. The largest absolute Gasteiger partial charge is 0.496 e. The monoisotopic (exact) mass is 285 g/mol. The Hall–Kier alpha value is -2.36. The summed E-state index contributed by atoms with van der Waals surface area (Å²) in [6.07, 6.45) is 1.74. The lowest BCUT2D eigenvalue weighted by Gasteiger charge is -2.16. The SMILES string of the molecule is CCOC(=O)C(C)c1cc(-c2ccccn2)ccc1OC. The summed E-state index contributed by atoms with van der Waals surface area (Å²) in [4.78, 5) is 16.3. The van der Waals surface area contributed by atoms with Crippen molar-refractivity contribution in [3.63, 3.8) is 0 Å². The van der Waals surface area contributed by atoms with Crippen LogP contribution in [0, 0.1) is 0 Å². The first-order valence-electron chi connectivity index (χ1n) is 6.93. The summed E-state index contributed by atoms with van der Waals surface area (Å²) in [5, 5.41) is 0. The number of pyridine rings is 1. The fraction of sp³-hybridized carbons (Fsp3) is 0.294. The van der Waals surface area contributed by atoms with E-state index < -0.39 is 0 Å². The van der Waals surface area contributed by atoms with Crippen molar-refractivity contribution in [1.29, 1.82) is 0 Å². The molecule has 0 aliphatic rings. The second kappa shape index (κ2) is 6.88. The average molecular weight is 285 g/mol. The molecule has 1 unspecified atom stereocenters. The highest BCUT2D eigenvalue weighted by atomic mass is 16.5. The van der Waals surface area contributed by atoms with E-state index >= 15 is 0 Å². The van der Waals surface area contributed by atoms with Gasteiger partial charge in [-0.05, 0) is 44.2 Å². The van der Waals surface area contributed by atoms with Crippen LogP contribution in [0.25, 0.3) is 11.3 Å². The number of nitrogens with zero attached hydrogens (tertiary/aromatic N) is 1. The van der Waals surface area contributed by atoms with Crippen LogP contribution in [0.1, 0.15) is 25.3 Å². The third-order valence-electron chi connectivity index (χ3n) is 3.30. The van der Waals surface area contributed by atoms with E-state index in [0.29, 0.717) is 12.4 Å². The van der Waals surface area contributed by atoms with Crippen LogP contribution in [0.2, 0.25) is 0 Å². The highest BCUT2D eigenvalue weighted by molar-refractivity contribution is 5.79. The lowest BCUT2D eigenvalue weighted by atomic mass is 9.96. The summed E-state index contributed by atoms with van der Waals surface area (Å²) in [6.45, 7) is 3.98. The number of hydrogen-bond donors (Lipinski definition) is 0. The Bertz CT molecular complexity index is 611. The van der Waals surface area contributed by atoms with E-state index in [9.17, 15) is 4.79 Å². The van der Waals surface area contributed by atoms with Gasteiger partial charge in [-0.25, -0.2) is 0 Å². The number of methoxy groups -OCH3 is 1. The number of ether oxygens (including phenoxy) is 2. The molecule has 0 fully saturated rings. The summed E-state index contributed by atoms with van der Waals surface area (Å²) in [7, 11) is 1.59. The maximum absolute atomic E-state index is 12.0. The molecular formula is C17H19NO3. The molecular weight excluding hydrogens is 266 g/mol. The number of hydrogen-bond acceptors (Lipinski definition) is 4. The maximum atomic E-state index is 12.0. The summed E-state index contributed by atoms with van der Waals surface area (Å²) in [5.41, 5.74) is 2.61. The van der Waals surface area contributed by atoms with Gasteiger partial charge in [-0.15, -0.1) is 0 Å². The fourth-order valence-corrected chi connectivity index (χ4v) is 2.16. The molecule has 1 atom stereocenters. The van der Waals surface area contributed by atoms with Gasteiger partial charge in [0.25, 0.3) is 0 Å². The van der Waals surface area contributed by atoms with Gasteiger partial charge >= 0.3 is 5.97 Å². The van der Waals surface area contributed by atoms with E-state index in [2.05, 4.69) is 4.98 Å². The molecule has 0 spiro atoms. The number of carbonyl (C=O) groups is 1. The Morgan fingerprint density at radius 1 is 1.29 bits per heavy atom. The van der Waals surface area contributed by atoms with Crippen molar-refractivity contribution < 1.29 is 14.3 Å². The molecule has 110 valence electrons.